The number of aryl methyl sites for hydroxylation is 1. The van der Waals surface area contributed by atoms with Crippen LogP contribution in [0.3, 0.4) is 0 Å². The fourth-order valence-electron chi connectivity index (χ4n) is 3.84. The maximum atomic E-state index is 12.9. The third kappa shape index (κ3) is 5.30. The molecule has 4 rings (SSSR count). The third-order valence-corrected chi connectivity index (χ3v) is 6.48. The molecule has 1 aliphatic rings. The molecule has 2 heterocycles. The van der Waals surface area contributed by atoms with E-state index in [2.05, 4.69) is 10.3 Å². The molecular weight excluding hydrogens is 466 g/mol. The summed E-state index contributed by atoms with van der Waals surface area (Å²) >= 11 is 1.29. The third-order valence-electron chi connectivity index (χ3n) is 5.59. The van der Waals surface area contributed by atoms with E-state index in [4.69, 9.17) is 4.74 Å². The van der Waals surface area contributed by atoms with Crippen molar-refractivity contribution in [3.8, 4) is 0 Å². The van der Waals surface area contributed by atoms with Gasteiger partial charge in [-0.3, -0.25) is 19.3 Å². The second-order valence-corrected chi connectivity index (χ2v) is 9.59. The van der Waals surface area contributed by atoms with Gasteiger partial charge in [-0.05, 0) is 37.1 Å². The maximum absolute atomic E-state index is 12.9. The highest BCUT2D eigenvalue weighted by Gasteiger charge is 2.44. The first-order chi connectivity index (χ1) is 16.7. The Morgan fingerprint density at radius 3 is 2.26 bits per heavy atom. The largest absolute Gasteiger partial charge is 0.458 e. The molecule has 0 radical (unpaired) electrons. The average Bonchev–Trinajstić information content (AvgIpc) is 3.37. The molecule has 0 saturated carbocycles. The normalized spacial score (nSPS) is 13.7. The summed E-state index contributed by atoms with van der Waals surface area (Å²) in [6, 6.07) is 12.9. The quantitative estimate of drug-likeness (QED) is 0.377. The lowest BCUT2D eigenvalue weighted by molar-refractivity contribution is -0.151. The second kappa shape index (κ2) is 10.2. The number of esters is 1. The molecule has 0 spiro atoms. The van der Waals surface area contributed by atoms with Gasteiger partial charge < -0.3 is 10.1 Å². The molecule has 1 atom stereocenters. The van der Waals surface area contributed by atoms with Crippen molar-refractivity contribution in [2.45, 2.75) is 39.8 Å². The molecule has 9 heteroatoms. The molecule has 1 N–H and O–H groups in total. The van der Waals surface area contributed by atoms with Crippen LogP contribution in [0.4, 0.5) is 5.69 Å². The van der Waals surface area contributed by atoms with E-state index < -0.39 is 23.8 Å². The van der Waals surface area contributed by atoms with Crippen molar-refractivity contribution in [1.82, 2.24) is 9.88 Å². The number of amides is 3. The van der Waals surface area contributed by atoms with Gasteiger partial charge in [-0.15, -0.1) is 11.3 Å². The summed E-state index contributed by atoms with van der Waals surface area (Å²) in [4.78, 5) is 56.3. The van der Waals surface area contributed by atoms with Gasteiger partial charge in [-0.25, -0.2) is 9.78 Å². The fraction of sp³-hybridized carbons (Fsp3) is 0.269. The number of thiazole rings is 1. The van der Waals surface area contributed by atoms with Gasteiger partial charge in [0.1, 0.15) is 17.7 Å². The van der Waals surface area contributed by atoms with E-state index in [0.717, 1.165) is 10.5 Å². The minimum atomic E-state index is -1.05. The summed E-state index contributed by atoms with van der Waals surface area (Å²) in [5, 5.41) is 5.13. The number of carbonyl (C=O) groups is 4. The molecule has 0 saturated heterocycles. The number of ether oxygens (including phenoxy) is 1. The van der Waals surface area contributed by atoms with Crippen molar-refractivity contribution in [1.29, 1.82) is 0 Å². The molecule has 0 aliphatic carbocycles. The first kappa shape index (κ1) is 24.3. The summed E-state index contributed by atoms with van der Waals surface area (Å²) in [5.74, 6) is -2.23. The van der Waals surface area contributed by atoms with Gasteiger partial charge in [0.25, 0.3) is 11.8 Å². The Balaban J connectivity index is 1.36. The molecule has 0 unspecified atom stereocenters. The minimum Gasteiger partial charge on any atom is -0.458 e. The van der Waals surface area contributed by atoms with Crippen LogP contribution < -0.4 is 5.32 Å². The highest BCUT2D eigenvalue weighted by atomic mass is 32.1. The first-order valence-electron chi connectivity index (χ1n) is 11.2. The fourth-order valence-corrected chi connectivity index (χ4v) is 4.62. The zero-order valence-electron chi connectivity index (χ0n) is 19.6. The Morgan fingerprint density at radius 2 is 1.66 bits per heavy atom. The highest BCUT2D eigenvalue weighted by Crippen LogP contribution is 2.28. The van der Waals surface area contributed by atoms with Crippen LogP contribution >= 0.6 is 11.3 Å². The van der Waals surface area contributed by atoms with E-state index >= 15 is 0 Å². The van der Waals surface area contributed by atoms with Crippen molar-refractivity contribution < 1.29 is 23.9 Å². The molecule has 0 fully saturated rings. The molecule has 35 heavy (non-hydrogen) atoms. The SMILES string of the molecule is Cc1ccc(NC(=O)Cc2nc(COC(=O)[C@H](C(C)C)N3C(=O)c4ccccc4C3=O)cs2)cc1. The molecule has 8 nitrogen and oxygen atoms in total. The van der Waals surface area contributed by atoms with Crippen molar-refractivity contribution in [2.75, 3.05) is 5.32 Å². The van der Waals surface area contributed by atoms with Crippen LogP contribution in [0.2, 0.25) is 0 Å². The Labute approximate surface area is 206 Å². The number of carbonyl (C=O) groups excluding carboxylic acids is 4. The van der Waals surface area contributed by atoms with Crippen LogP contribution in [-0.2, 0) is 27.4 Å². The Hall–Kier alpha value is -3.85. The zero-order chi connectivity index (χ0) is 25.1. The second-order valence-electron chi connectivity index (χ2n) is 8.65. The summed E-state index contributed by atoms with van der Waals surface area (Å²) in [7, 11) is 0. The van der Waals surface area contributed by atoms with E-state index in [1.807, 2.05) is 31.2 Å². The van der Waals surface area contributed by atoms with Crippen molar-refractivity contribution in [2.24, 2.45) is 5.92 Å². The summed E-state index contributed by atoms with van der Waals surface area (Å²) < 4.78 is 5.44. The van der Waals surface area contributed by atoms with Gasteiger partial charge in [-0.2, -0.15) is 0 Å². The zero-order valence-corrected chi connectivity index (χ0v) is 20.4. The molecule has 0 bridgehead atoms. The van der Waals surface area contributed by atoms with Crippen LogP contribution in [0.25, 0.3) is 0 Å². The Morgan fingerprint density at radius 1 is 1.03 bits per heavy atom. The van der Waals surface area contributed by atoms with Gasteiger partial charge in [0, 0.05) is 11.1 Å². The van der Waals surface area contributed by atoms with Gasteiger partial charge in [0.15, 0.2) is 0 Å². The molecule has 1 aliphatic heterocycles. The van der Waals surface area contributed by atoms with E-state index in [1.54, 1.807) is 43.5 Å². The summed E-state index contributed by atoms with van der Waals surface area (Å²) in [6.45, 7) is 5.35. The lowest BCUT2D eigenvalue weighted by atomic mass is 10.0. The Bertz CT molecular complexity index is 1250. The topological polar surface area (TPSA) is 106 Å². The van der Waals surface area contributed by atoms with E-state index in [1.165, 1.54) is 11.3 Å². The number of nitrogens with zero attached hydrogens (tertiary/aromatic N) is 2. The number of hydrogen-bond acceptors (Lipinski definition) is 7. The number of benzene rings is 2. The number of fused-ring (bicyclic) bond motifs is 1. The molecule has 3 amide bonds. The highest BCUT2D eigenvalue weighted by molar-refractivity contribution is 7.09. The number of rotatable bonds is 8. The summed E-state index contributed by atoms with van der Waals surface area (Å²) in [6.07, 6.45) is 0.0934. The van der Waals surface area contributed by atoms with Crippen LogP contribution in [0.1, 0.15) is 50.8 Å². The lowest BCUT2D eigenvalue weighted by Gasteiger charge is -2.27. The van der Waals surface area contributed by atoms with Crippen molar-refractivity contribution in [3.05, 3.63) is 81.3 Å². The predicted octanol–water partition coefficient (Wildman–Crippen LogP) is 4.00. The van der Waals surface area contributed by atoms with Gasteiger partial charge >= 0.3 is 5.97 Å². The average molecular weight is 492 g/mol. The van der Waals surface area contributed by atoms with E-state index in [0.29, 0.717) is 16.4 Å². The summed E-state index contributed by atoms with van der Waals surface area (Å²) in [5.41, 5.74) is 2.86. The van der Waals surface area contributed by atoms with E-state index in [-0.39, 0.29) is 36.0 Å². The monoisotopic (exact) mass is 491 g/mol. The van der Waals surface area contributed by atoms with Crippen LogP contribution in [0, 0.1) is 12.8 Å². The standard InChI is InChI=1S/C26H25N3O5S/c1-15(2)23(29-24(31)19-6-4-5-7-20(19)25(29)32)26(33)34-13-18-14-35-22(28-18)12-21(30)27-17-10-8-16(3)9-11-17/h4-11,14-15,23H,12-13H2,1-3H3,(H,27,30)/t23-/m0/s1. The molecule has 180 valence electrons. The lowest BCUT2D eigenvalue weighted by Crippen LogP contribution is -2.48. The maximum Gasteiger partial charge on any atom is 0.330 e. The molecule has 3 aromatic rings. The smallest absolute Gasteiger partial charge is 0.330 e. The number of anilines is 1. The number of imide groups is 1. The molecule has 1 aromatic heterocycles. The number of nitrogens with one attached hydrogen (secondary N) is 1. The van der Waals surface area contributed by atoms with Crippen LogP contribution in [0.15, 0.2) is 53.9 Å². The van der Waals surface area contributed by atoms with E-state index in [9.17, 15) is 19.2 Å². The molecule has 2 aromatic carbocycles. The number of aromatic nitrogens is 1. The van der Waals surface area contributed by atoms with Gasteiger partial charge in [0.2, 0.25) is 5.91 Å². The minimum absolute atomic E-state index is 0.0934. The Kier molecular flexibility index (Phi) is 7.07. The van der Waals surface area contributed by atoms with Crippen molar-refractivity contribution in [3.63, 3.8) is 0 Å². The van der Waals surface area contributed by atoms with Crippen molar-refractivity contribution >= 4 is 40.7 Å². The van der Waals surface area contributed by atoms with Gasteiger partial charge in [0.05, 0.1) is 23.2 Å². The first-order valence-corrected chi connectivity index (χ1v) is 12.1. The van der Waals surface area contributed by atoms with Gasteiger partial charge in [-0.1, -0.05) is 43.7 Å². The number of hydrogen-bond donors (Lipinski definition) is 1. The molecular formula is C26H25N3O5S. The predicted molar refractivity (Wildman–Crippen MR) is 131 cm³/mol. The van der Waals surface area contributed by atoms with Crippen LogP contribution in [-0.4, -0.2) is 39.6 Å². The van der Waals surface area contributed by atoms with Crippen LogP contribution in [0.5, 0.6) is 0 Å².